The molecule has 3 aromatic carbocycles. The monoisotopic (exact) mass is 570 g/mol. The number of carbonyl (C=O) groups excluding carboxylic acids is 1. The van der Waals surface area contributed by atoms with Crippen molar-refractivity contribution in [1.82, 2.24) is 4.98 Å². The molecule has 0 saturated heterocycles. The number of hydrogen-bond acceptors (Lipinski definition) is 4. The van der Waals surface area contributed by atoms with Crippen LogP contribution < -0.4 is 20.3 Å². The molecule has 0 bridgehead atoms. The maximum atomic E-state index is 13.3. The zero-order valence-electron chi connectivity index (χ0n) is 21.7. The van der Waals surface area contributed by atoms with Gasteiger partial charge in [0.25, 0.3) is 11.5 Å². The van der Waals surface area contributed by atoms with Gasteiger partial charge in [0.2, 0.25) is 0 Å². The minimum absolute atomic E-state index is 0.168. The Labute approximate surface area is 233 Å². The summed E-state index contributed by atoms with van der Waals surface area (Å²) in [5.74, 6) is -0.573. The summed E-state index contributed by atoms with van der Waals surface area (Å²) in [6.45, 7) is 4.54. The van der Waals surface area contributed by atoms with E-state index in [-0.39, 0.29) is 11.3 Å². The molecule has 4 rings (SSSR count). The highest BCUT2D eigenvalue weighted by Crippen LogP contribution is 2.33. The second kappa shape index (κ2) is 12.3. The number of amides is 1. The van der Waals surface area contributed by atoms with E-state index >= 15 is 0 Å². The normalized spacial score (nSPS) is 11.2. The maximum absolute atomic E-state index is 13.3. The van der Waals surface area contributed by atoms with Gasteiger partial charge in [-0.05, 0) is 67.4 Å². The summed E-state index contributed by atoms with van der Waals surface area (Å²) in [7, 11) is 0. The largest absolute Gasteiger partial charge is 0.573 e. The van der Waals surface area contributed by atoms with Crippen LogP contribution >= 0.6 is 11.6 Å². The first-order valence-corrected chi connectivity index (χ1v) is 12.9. The van der Waals surface area contributed by atoms with Crippen LogP contribution in [-0.2, 0) is 0 Å². The minimum Gasteiger partial charge on any atom is -0.494 e. The molecule has 0 spiro atoms. The van der Waals surface area contributed by atoms with Gasteiger partial charge in [-0.1, -0.05) is 54.8 Å². The fraction of sp³-hybridized carbons (Fsp3) is 0.200. The first kappa shape index (κ1) is 28.8. The number of aryl methyl sites for hydroxylation is 1. The highest BCUT2D eigenvalue weighted by Gasteiger charge is 2.31. The molecule has 1 heterocycles. The van der Waals surface area contributed by atoms with Crippen LogP contribution in [0.5, 0.6) is 11.5 Å². The van der Waals surface area contributed by atoms with Crippen molar-refractivity contribution >= 4 is 23.2 Å². The standard InChI is InChI=1S/C30H26ClF3N2O4/c1-3-4-15-39-22-13-14-23(25(31)16-22)26-17-24(19-7-5-18(2)6-8-19)27(29(38)36-26)28(37)35-20-9-11-21(12-10-20)40-30(32,33)34/h5-14,16-17H,3-4,15H2,1-2H3,(H,35,37)(H,36,38). The molecule has 6 nitrogen and oxygen atoms in total. The number of pyridine rings is 1. The lowest BCUT2D eigenvalue weighted by Gasteiger charge is -2.14. The molecule has 0 radical (unpaired) electrons. The SMILES string of the molecule is CCCCOc1ccc(-c2cc(-c3ccc(C)cc3)c(C(=O)Nc3ccc(OC(F)(F)F)cc3)c(=O)[nH]2)c(Cl)c1. The third-order valence-electron chi connectivity index (χ3n) is 5.97. The van der Waals surface area contributed by atoms with Crippen molar-refractivity contribution in [1.29, 1.82) is 0 Å². The summed E-state index contributed by atoms with van der Waals surface area (Å²) in [5.41, 5.74) is 2.25. The van der Waals surface area contributed by atoms with Crippen molar-refractivity contribution in [2.24, 2.45) is 0 Å². The van der Waals surface area contributed by atoms with Gasteiger partial charge in [0, 0.05) is 16.8 Å². The molecule has 0 atom stereocenters. The average molecular weight is 571 g/mol. The Hall–Kier alpha value is -4.24. The highest BCUT2D eigenvalue weighted by molar-refractivity contribution is 6.33. The van der Waals surface area contributed by atoms with Crippen molar-refractivity contribution in [3.8, 4) is 33.9 Å². The number of hydrogen-bond donors (Lipinski definition) is 2. The van der Waals surface area contributed by atoms with Crippen LogP contribution in [-0.4, -0.2) is 23.9 Å². The van der Waals surface area contributed by atoms with Crippen LogP contribution in [0.4, 0.5) is 18.9 Å². The molecular weight excluding hydrogens is 545 g/mol. The number of aromatic amines is 1. The van der Waals surface area contributed by atoms with Crippen LogP contribution in [0.15, 0.2) is 77.6 Å². The number of rotatable bonds is 9. The summed E-state index contributed by atoms with van der Waals surface area (Å²) in [5, 5.41) is 2.93. The molecular formula is C30H26ClF3N2O4. The zero-order chi connectivity index (χ0) is 28.9. The smallest absolute Gasteiger partial charge is 0.494 e. The Balaban J connectivity index is 1.70. The minimum atomic E-state index is -4.84. The van der Waals surface area contributed by atoms with E-state index < -0.39 is 23.6 Å². The number of H-pyrrole nitrogens is 1. The number of benzene rings is 3. The lowest BCUT2D eigenvalue weighted by Crippen LogP contribution is -2.25. The third kappa shape index (κ3) is 7.24. The predicted molar refractivity (Wildman–Crippen MR) is 149 cm³/mol. The number of nitrogens with one attached hydrogen (secondary N) is 2. The first-order valence-electron chi connectivity index (χ1n) is 12.5. The number of unbranched alkanes of at least 4 members (excludes halogenated alkanes) is 1. The number of anilines is 1. The Kier molecular flexibility index (Phi) is 8.84. The summed E-state index contributed by atoms with van der Waals surface area (Å²) >= 11 is 6.55. The van der Waals surface area contributed by atoms with E-state index in [1.807, 2.05) is 19.1 Å². The van der Waals surface area contributed by atoms with E-state index in [9.17, 15) is 22.8 Å². The molecule has 0 aliphatic carbocycles. The molecule has 0 fully saturated rings. The van der Waals surface area contributed by atoms with Gasteiger partial charge >= 0.3 is 6.36 Å². The van der Waals surface area contributed by atoms with E-state index in [1.54, 1.807) is 36.4 Å². The molecule has 4 aromatic rings. The number of alkyl halides is 3. The average Bonchev–Trinajstić information content (AvgIpc) is 2.89. The summed E-state index contributed by atoms with van der Waals surface area (Å²) in [6, 6.07) is 18.7. The molecule has 10 heteroatoms. The van der Waals surface area contributed by atoms with Gasteiger partial charge < -0.3 is 19.8 Å². The van der Waals surface area contributed by atoms with Gasteiger partial charge in [-0.25, -0.2) is 0 Å². The Bertz CT molecular complexity index is 1550. The third-order valence-corrected chi connectivity index (χ3v) is 6.28. The van der Waals surface area contributed by atoms with Gasteiger partial charge in [-0.15, -0.1) is 13.2 Å². The molecule has 0 aliphatic heterocycles. The van der Waals surface area contributed by atoms with E-state index in [0.717, 1.165) is 30.5 Å². The molecule has 2 N–H and O–H groups in total. The summed E-state index contributed by atoms with van der Waals surface area (Å²) in [6.07, 6.45) is -2.94. The zero-order valence-corrected chi connectivity index (χ0v) is 22.5. The van der Waals surface area contributed by atoms with Crippen LogP contribution in [0.2, 0.25) is 5.02 Å². The maximum Gasteiger partial charge on any atom is 0.573 e. The van der Waals surface area contributed by atoms with E-state index in [4.69, 9.17) is 16.3 Å². The Morgan fingerprint density at radius 3 is 2.25 bits per heavy atom. The quantitative estimate of drug-likeness (QED) is 0.200. The van der Waals surface area contributed by atoms with E-state index in [2.05, 4.69) is 22.0 Å². The fourth-order valence-electron chi connectivity index (χ4n) is 3.96. The molecule has 1 aromatic heterocycles. The predicted octanol–water partition coefficient (Wildman–Crippen LogP) is 8.00. The highest BCUT2D eigenvalue weighted by atomic mass is 35.5. The molecule has 0 aliphatic rings. The van der Waals surface area contributed by atoms with Gasteiger partial charge in [0.1, 0.15) is 17.1 Å². The first-order chi connectivity index (χ1) is 19.0. The van der Waals surface area contributed by atoms with Crippen molar-refractivity contribution < 1.29 is 27.4 Å². The second-order valence-corrected chi connectivity index (χ2v) is 9.44. The number of halogens is 4. The van der Waals surface area contributed by atoms with Crippen molar-refractivity contribution in [2.75, 3.05) is 11.9 Å². The van der Waals surface area contributed by atoms with Crippen LogP contribution in [0.3, 0.4) is 0 Å². The molecule has 0 saturated carbocycles. The topological polar surface area (TPSA) is 80.4 Å². The second-order valence-electron chi connectivity index (χ2n) is 9.04. The van der Waals surface area contributed by atoms with Gasteiger partial charge in [0.15, 0.2) is 0 Å². The van der Waals surface area contributed by atoms with Crippen molar-refractivity contribution in [3.05, 3.63) is 99.3 Å². The van der Waals surface area contributed by atoms with Crippen LogP contribution in [0.25, 0.3) is 22.4 Å². The lowest BCUT2D eigenvalue weighted by atomic mass is 9.97. The van der Waals surface area contributed by atoms with Crippen molar-refractivity contribution in [3.63, 3.8) is 0 Å². The van der Waals surface area contributed by atoms with Crippen LogP contribution in [0, 0.1) is 6.92 Å². The fourth-order valence-corrected chi connectivity index (χ4v) is 4.24. The number of ether oxygens (including phenoxy) is 2. The molecule has 1 amide bonds. The van der Waals surface area contributed by atoms with E-state index in [1.165, 1.54) is 12.1 Å². The van der Waals surface area contributed by atoms with Crippen molar-refractivity contribution in [2.45, 2.75) is 33.1 Å². The molecule has 0 unspecified atom stereocenters. The summed E-state index contributed by atoms with van der Waals surface area (Å²) < 4.78 is 47.0. The van der Waals surface area contributed by atoms with Gasteiger partial charge in [-0.2, -0.15) is 0 Å². The van der Waals surface area contributed by atoms with Crippen LogP contribution in [0.1, 0.15) is 35.7 Å². The lowest BCUT2D eigenvalue weighted by molar-refractivity contribution is -0.274. The summed E-state index contributed by atoms with van der Waals surface area (Å²) in [4.78, 5) is 29.4. The number of carbonyl (C=O) groups is 1. The van der Waals surface area contributed by atoms with Gasteiger partial charge in [0.05, 0.1) is 17.3 Å². The Morgan fingerprint density at radius 1 is 0.950 bits per heavy atom. The van der Waals surface area contributed by atoms with E-state index in [0.29, 0.717) is 39.8 Å². The molecule has 40 heavy (non-hydrogen) atoms. The Morgan fingerprint density at radius 2 is 1.62 bits per heavy atom. The number of aromatic nitrogens is 1. The van der Waals surface area contributed by atoms with Gasteiger partial charge in [-0.3, -0.25) is 9.59 Å². The molecule has 208 valence electrons.